The first-order valence-electron chi connectivity index (χ1n) is 6.84. The number of rotatable bonds is 2. The molecule has 0 heterocycles. The first-order valence-corrected chi connectivity index (χ1v) is 9.75. The van der Waals surface area contributed by atoms with E-state index < -0.39 is 8.32 Å². The number of oxime groups is 1. The minimum atomic E-state index is -1.82. The highest BCUT2D eigenvalue weighted by molar-refractivity contribution is 6.74. The smallest absolute Gasteiger partial charge is 0.286 e. The molecule has 3 nitrogen and oxygen atoms in total. The van der Waals surface area contributed by atoms with Crippen LogP contribution < -0.4 is 5.73 Å². The summed E-state index contributed by atoms with van der Waals surface area (Å²) < 4.78 is 5.96. The molecule has 0 amide bonds. The lowest BCUT2D eigenvalue weighted by molar-refractivity contribution is 0.307. The standard InChI is InChI=1S/C15H24N2OSi/c1-15(2,3)19(4,5)18-17-14-9-6-11-10-12(16)7-8-13(11)14/h7-8,10H,6,9,16H2,1-5H3. The van der Waals surface area contributed by atoms with Gasteiger partial charge in [0.2, 0.25) is 0 Å². The quantitative estimate of drug-likeness (QED) is 0.505. The summed E-state index contributed by atoms with van der Waals surface area (Å²) in [5.74, 6) is 0. The third-order valence-electron chi connectivity index (χ3n) is 4.26. The van der Waals surface area contributed by atoms with Gasteiger partial charge in [-0.2, -0.15) is 0 Å². The fraction of sp³-hybridized carbons (Fsp3) is 0.533. The first-order chi connectivity index (χ1) is 8.71. The maximum atomic E-state index is 5.96. The van der Waals surface area contributed by atoms with Crippen molar-refractivity contribution in [2.75, 3.05) is 5.73 Å². The van der Waals surface area contributed by atoms with Crippen molar-refractivity contribution in [2.24, 2.45) is 5.16 Å². The molecule has 1 aromatic carbocycles. The van der Waals surface area contributed by atoms with Crippen LogP contribution in [0.4, 0.5) is 5.69 Å². The Morgan fingerprint density at radius 2 is 1.89 bits per heavy atom. The van der Waals surface area contributed by atoms with Gasteiger partial charge < -0.3 is 10.3 Å². The molecule has 1 aliphatic carbocycles. The Morgan fingerprint density at radius 3 is 2.53 bits per heavy atom. The van der Waals surface area contributed by atoms with Crippen molar-refractivity contribution in [2.45, 2.75) is 51.7 Å². The largest absolute Gasteiger partial charge is 0.455 e. The van der Waals surface area contributed by atoms with Crippen LogP contribution in [0.5, 0.6) is 0 Å². The molecule has 104 valence electrons. The van der Waals surface area contributed by atoms with Crippen molar-refractivity contribution in [1.29, 1.82) is 0 Å². The van der Waals surface area contributed by atoms with Crippen LogP contribution in [-0.2, 0) is 10.9 Å². The van der Waals surface area contributed by atoms with Gasteiger partial charge in [0.25, 0.3) is 8.32 Å². The van der Waals surface area contributed by atoms with E-state index in [1.165, 1.54) is 11.1 Å². The number of anilines is 1. The van der Waals surface area contributed by atoms with Gasteiger partial charge in [-0.1, -0.05) is 26.8 Å². The molecule has 0 saturated carbocycles. The fourth-order valence-corrected chi connectivity index (χ4v) is 2.50. The van der Waals surface area contributed by atoms with Crippen molar-refractivity contribution in [3.05, 3.63) is 29.3 Å². The first kappa shape index (κ1) is 14.1. The van der Waals surface area contributed by atoms with Crippen molar-refractivity contribution >= 4 is 19.7 Å². The van der Waals surface area contributed by atoms with Crippen LogP contribution in [0.1, 0.15) is 38.3 Å². The second-order valence-electron chi connectivity index (χ2n) is 6.81. The summed E-state index contributed by atoms with van der Waals surface area (Å²) in [4.78, 5) is 0. The second kappa shape index (κ2) is 4.67. The van der Waals surface area contributed by atoms with Gasteiger partial charge in [0.15, 0.2) is 0 Å². The summed E-state index contributed by atoms with van der Waals surface area (Å²) in [6, 6.07) is 6.04. The summed E-state index contributed by atoms with van der Waals surface area (Å²) in [6.45, 7) is 11.1. The van der Waals surface area contributed by atoms with Gasteiger partial charge in [0.1, 0.15) is 0 Å². The van der Waals surface area contributed by atoms with Crippen molar-refractivity contribution in [3.63, 3.8) is 0 Å². The Bertz CT molecular complexity index is 515. The molecule has 0 saturated heterocycles. The van der Waals surface area contributed by atoms with E-state index in [0.717, 1.165) is 24.2 Å². The van der Waals surface area contributed by atoms with Gasteiger partial charge in [-0.15, -0.1) is 5.16 Å². The van der Waals surface area contributed by atoms with E-state index in [9.17, 15) is 0 Å². The maximum Gasteiger partial charge on any atom is 0.286 e. The minimum absolute atomic E-state index is 0.180. The SMILES string of the molecule is CC(C)(C)[Si](C)(C)ON=C1CCc2cc(N)ccc21. The van der Waals surface area contributed by atoms with Crippen molar-refractivity contribution in [3.8, 4) is 0 Å². The topological polar surface area (TPSA) is 47.6 Å². The molecule has 2 N–H and O–H groups in total. The van der Waals surface area contributed by atoms with E-state index in [0.29, 0.717) is 0 Å². The summed E-state index contributed by atoms with van der Waals surface area (Å²) in [5.41, 5.74) is 10.2. The lowest BCUT2D eigenvalue weighted by Crippen LogP contribution is -2.39. The zero-order chi connectivity index (χ0) is 14.3. The Balaban J connectivity index is 2.21. The molecule has 0 spiro atoms. The fourth-order valence-electron chi connectivity index (χ4n) is 1.89. The average molecular weight is 276 g/mol. The molecule has 1 aliphatic rings. The minimum Gasteiger partial charge on any atom is -0.455 e. The van der Waals surface area contributed by atoms with Crippen LogP contribution in [0.15, 0.2) is 23.4 Å². The number of aryl methyl sites for hydroxylation is 1. The Morgan fingerprint density at radius 1 is 1.21 bits per heavy atom. The molecular weight excluding hydrogens is 252 g/mol. The summed E-state index contributed by atoms with van der Waals surface area (Å²) in [6.07, 6.45) is 1.97. The predicted octanol–water partition coefficient (Wildman–Crippen LogP) is 3.94. The van der Waals surface area contributed by atoms with Crippen LogP contribution in [0.3, 0.4) is 0 Å². The summed E-state index contributed by atoms with van der Waals surface area (Å²) >= 11 is 0. The monoisotopic (exact) mass is 276 g/mol. The highest BCUT2D eigenvalue weighted by Gasteiger charge is 2.40. The number of benzene rings is 1. The maximum absolute atomic E-state index is 5.96. The van der Waals surface area contributed by atoms with E-state index in [1.807, 2.05) is 12.1 Å². The van der Waals surface area contributed by atoms with Crippen molar-refractivity contribution < 1.29 is 4.53 Å². The number of hydrogen-bond donors (Lipinski definition) is 1. The lowest BCUT2D eigenvalue weighted by Gasteiger charge is -2.33. The third kappa shape index (κ3) is 2.83. The molecule has 0 radical (unpaired) electrons. The molecule has 1 aromatic rings. The number of nitrogen functional groups attached to an aromatic ring is 1. The molecule has 2 rings (SSSR count). The van der Waals surface area contributed by atoms with Gasteiger partial charge in [0, 0.05) is 11.3 Å². The molecule has 0 fully saturated rings. The van der Waals surface area contributed by atoms with E-state index >= 15 is 0 Å². The highest BCUT2D eigenvalue weighted by Crippen LogP contribution is 2.37. The number of hydrogen-bond acceptors (Lipinski definition) is 3. The Labute approximate surface area is 117 Å². The van der Waals surface area contributed by atoms with E-state index in [1.54, 1.807) is 0 Å². The van der Waals surface area contributed by atoms with Gasteiger partial charge in [-0.3, -0.25) is 0 Å². The number of nitrogens with two attached hydrogens (primary N) is 1. The third-order valence-corrected chi connectivity index (χ3v) is 8.42. The molecule has 19 heavy (non-hydrogen) atoms. The van der Waals surface area contributed by atoms with Crippen LogP contribution in [0.2, 0.25) is 18.1 Å². The molecule has 4 heteroatoms. The molecule has 0 aromatic heterocycles. The number of fused-ring (bicyclic) bond motifs is 1. The van der Waals surface area contributed by atoms with Gasteiger partial charge in [-0.25, -0.2) is 0 Å². The van der Waals surface area contributed by atoms with Gasteiger partial charge in [-0.05, 0) is 48.7 Å². The zero-order valence-electron chi connectivity index (χ0n) is 12.6. The molecule has 0 aliphatic heterocycles. The molecular formula is C15H24N2OSi. The van der Waals surface area contributed by atoms with E-state index in [-0.39, 0.29) is 5.04 Å². The van der Waals surface area contributed by atoms with Crippen LogP contribution in [-0.4, -0.2) is 14.0 Å². The predicted molar refractivity (Wildman–Crippen MR) is 84.0 cm³/mol. The summed E-state index contributed by atoms with van der Waals surface area (Å²) in [7, 11) is -1.82. The van der Waals surface area contributed by atoms with Crippen LogP contribution >= 0.6 is 0 Å². The highest BCUT2D eigenvalue weighted by atomic mass is 28.4. The Hall–Kier alpha value is -1.29. The molecule has 0 unspecified atom stereocenters. The summed E-state index contributed by atoms with van der Waals surface area (Å²) in [5, 5.41) is 4.65. The van der Waals surface area contributed by atoms with E-state index in [2.05, 4.69) is 45.1 Å². The number of nitrogens with zero attached hydrogens (tertiary/aromatic N) is 1. The zero-order valence-corrected chi connectivity index (χ0v) is 13.6. The van der Waals surface area contributed by atoms with Crippen LogP contribution in [0, 0.1) is 0 Å². The molecule has 0 atom stereocenters. The lowest BCUT2D eigenvalue weighted by atomic mass is 10.1. The Kier molecular flexibility index (Phi) is 3.47. The van der Waals surface area contributed by atoms with E-state index in [4.69, 9.17) is 10.3 Å². The van der Waals surface area contributed by atoms with Crippen molar-refractivity contribution in [1.82, 2.24) is 0 Å². The van der Waals surface area contributed by atoms with Crippen LogP contribution in [0.25, 0.3) is 0 Å². The van der Waals surface area contributed by atoms with Gasteiger partial charge >= 0.3 is 0 Å². The normalized spacial score (nSPS) is 17.6. The molecule has 0 bridgehead atoms. The second-order valence-corrected chi connectivity index (χ2v) is 11.5. The van der Waals surface area contributed by atoms with Gasteiger partial charge in [0.05, 0.1) is 5.71 Å². The average Bonchev–Trinajstić information content (AvgIpc) is 2.67.